The lowest BCUT2D eigenvalue weighted by Crippen LogP contribution is -2.15. The Morgan fingerprint density at radius 3 is 3.00 bits per heavy atom. The van der Waals surface area contributed by atoms with E-state index in [2.05, 4.69) is 31.7 Å². The van der Waals surface area contributed by atoms with Crippen LogP contribution in [-0.4, -0.2) is 24.7 Å². The first-order chi connectivity index (χ1) is 10.2. The molecule has 112 valence electrons. The monoisotopic (exact) mass is 305 g/mol. The Hall–Kier alpha value is -1.63. The van der Waals surface area contributed by atoms with Crippen molar-refractivity contribution in [2.75, 3.05) is 0 Å². The zero-order valence-electron chi connectivity index (χ0n) is 12.3. The average Bonchev–Trinajstić information content (AvgIpc) is 3.06. The van der Waals surface area contributed by atoms with Gasteiger partial charge in [-0.1, -0.05) is 18.7 Å². The number of hydrogen-bond donors (Lipinski definition) is 1. The first-order valence-corrected chi connectivity index (χ1v) is 8.31. The zero-order valence-corrected chi connectivity index (χ0v) is 13.2. The summed E-state index contributed by atoms with van der Waals surface area (Å²) in [6, 6.07) is 0. The highest BCUT2D eigenvalue weighted by Gasteiger charge is 2.17. The lowest BCUT2D eigenvalue weighted by Gasteiger charge is -2.07. The van der Waals surface area contributed by atoms with Crippen LogP contribution in [0.15, 0.2) is 9.95 Å². The normalized spacial score (nSPS) is 13.6. The molecule has 1 aliphatic carbocycles. The predicted octanol–water partition coefficient (Wildman–Crippen LogP) is 1.86. The number of aromatic amines is 1. The molecule has 0 saturated carbocycles. The van der Waals surface area contributed by atoms with E-state index in [1.807, 2.05) is 6.92 Å². The maximum absolute atomic E-state index is 12.0. The Balaban J connectivity index is 1.77. The van der Waals surface area contributed by atoms with Gasteiger partial charge < -0.3 is 9.55 Å². The number of aromatic nitrogens is 5. The van der Waals surface area contributed by atoms with Gasteiger partial charge in [0, 0.05) is 12.1 Å². The molecule has 7 heteroatoms. The second-order valence-electron chi connectivity index (χ2n) is 5.25. The molecular formula is C14H19N5OS. The van der Waals surface area contributed by atoms with Crippen molar-refractivity contribution in [3.63, 3.8) is 0 Å². The molecule has 0 aromatic carbocycles. The third-order valence-corrected chi connectivity index (χ3v) is 4.59. The van der Waals surface area contributed by atoms with Gasteiger partial charge in [0.25, 0.3) is 5.56 Å². The molecule has 0 unspecified atom stereocenters. The minimum Gasteiger partial charge on any atom is -0.315 e. The second-order valence-corrected chi connectivity index (χ2v) is 6.22. The van der Waals surface area contributed by atoms with Gasteiger partial charge in [-0.05, 0) is 32.6 Å². The number of fused-ring (bicyclic) bond motifs is 1. The minimum atomic E-state index is 0.0196. The summed E-state index contributed by atoms with van der Waals surface area (Å²) in [6.45, 7) is 5.02. The fraction of sp³-hybridized carbons (Fsp3) is 0.571. The summed E-state index contributed by atoms with van der Waals surface area (Å²) in [4.78, 5) is 19.4. The third kappa shape index (κ3) is 2.88. The summed E-state index contributed by atoms with van der Waals surface area (Å²) < 4.78 is 2.12. The molecule has 21 heavy (non-hydrogen) atoms. The van der Waals surface area contributed by atoms with Crippen LogP contribution in [-0.2, 0) is 25.1 Å². The van der Waals surface area contributed by atoms with Gasteiger partial charge in [0.2, 0.25) is 0 Å². The van der Waals surface area contributed by atoms with E-state index in [0.717, 1.165) is 55.1 Å². The van der Waals surface area contributed by atoms with E-state index < -0.39 is 0 Å². The van der Waals surface area contributed by atoms with Crippen molar-refractivity contribution in [3.8, 4) is 0 Å². The lowest BCUT2D eigenvalue weighted by atomic mass is 10.3. The molecule has 2 heterocycles. The molecular weight excluding hydrogens is 286 g/mol. The van der Waals surface area contributed by atoms with E-state index in [1.54, 1.807) is 0 Å². The summed E-state index contributed by atoms with van der Waals surface area (Å²) in [5.41, 5.74) is 1.85. The Morgan fingerprint density at radius 1 is 1.33 bits per heavy atom. The van der Waals surface area contributed by atoms with Gasteiger partial charge in [-0.3, -0.25) is 4.79 Å². The van der Waals surface area contributed by atoms with Gasteiger partial charge in [-0.15, -0.1) is 10.2 Å². The zero-order chi connectivity index (χ0) is 14.8. The van der Waals surface area contributed by atoms with Gasteiger partial charge in [0.15, 0.2) is 5.16 Å². The number of nitrogens with zero attached hydrogens (tertiary/aromatic N) is 4. The van der Waals surface area contributed by atoms with Crippen molar-refractivity contribution >= 4 is 11.8 Å². The standard InChI is InChI=1S/C14H19N5OS/c1-3-7-19-9(2)17-18-12(19)8-21-14-15-11-6-4-5-10(11)13(20)16-14/h3-8H2,1-2H3,(H,15,16,20). The van der Waals surface area contributed by atoms with Crippen LogP contribution in [0.1, 0.15) is 42.7 Å². The fourth-order valence-corrected chi connectivity index (χ4v) is 3.49. The van der Waals surface area contributed by atoms with Crippen LogP contribution in [0, 0.1) is 6.92 Å². The van der Waals surface area contributed by atoms with Crippen molar-refractivity contribution in [3.05, 3.63) is 33.3 Å². The molecule has 0 aliphatic heterocycles. The smallest absolute Gasteiger partial charge is 0.254 e. The van der Waals surface area contributed by atoms with E-state index in [9.17, 15) is 4.79 Å². The quantitative estimate of drug-likeness (QED) is 0.674. The number of rotatable bonds is 5. The Bertz CT molecular complexity index is 706. The summed E-state index contributed by atoms with van der Waals surface area (Å²) in [5, 5.41) is 9.03. The van der Waals surface area contributed by atoms with Gasteiger partial charge in [-0.25, -0.2) is 4.98 Å². The Labute approximate surface area is 127 Å². The lowest BCUT2D eigenvalue weighted by molar-refractivity contribution is 0.636. The molecule has 0 bridgehead atoms. The molecule has 3 rings (SSSR count). The molecule has 0 atom stereocenters. The molecule has 0 amide bonds. The summed E-state index contributed by atoms with van der Waals surface area (Å²) >= 11 is 1.52. The summed E-state index contributed by atoms with van der Waals surface area (Å²) in [5.74, 6) is 2.54. The molecule has 1 N–H and O–H groups in total. The highest BCUT2D eigenvalue weighted by molar-refractivity contribution is 7.98. The van der Waals surface area contributed by atoms with E-state index in [0.29, 0.717) is 10.9 Å². The van der Waals surface area contributed by atoms with Crippen molar-refractivity contribution in [2.24, 2.45) is 0 Å². The Kier molecular flexibility index (Phi) is 4.10. The fourth-order valence-electron chi connectivity index (χ4n) is 2.67. The maximum Gasteiger partial charge on any atom is 0.254 e. The van der Waals surface area contributed by atoms with E-state index >= 15 is 0 Å². The van der Waals surface area contributed by atoms with E-state index in [-0.39, 0.29) is 5.56 Å². The number of thioether (sulfide) groups is 1. The first kappa shape index (κ1) is 14.3. The van der Waals surface area contributed by atoms with Crippen molar-refractivity contribution in [1.82, 2.24) is 24.7 Å². The number of nitrogens with one attached hydrogen (secondary N) is 1. The maximum atomic E-state index is 12.0. The Morgan fingerprint density at radius 2 is 2.19 bits per heavy atom. The van der Waals surface area contributed by atoms with Crippen LogP contribution in [0.5, 0.6) is 0 Å². The van der Waals surface area contributed by atoms with Crippen LogP contribution < -0.4 is 5.56 Å². The number of H-pyrrole nitrogens is 1. The minimum absolute atomic E-state index is 0.0196. The SMILES string of the molecule is CCCn1c(C)nnc1CSc1nc2c(c(=O)[nH]1)CCC2. The van der Waals surface area contributed by atoms with Crippen molar-refractivity contribution in [1.29, 1.82) is 0 Å². The van der Waals surface area contributed by atoms with Crippen LogP contribution in [0.4, 0.5) is 0 Å². The van der Waals surface area contributed by atoms with Crippen LogP contribution in [0.3, 0.4) is 0 Å². The molecule has 0 spiro atoms. The van der Waals surface area contributed by atoms with Crippen LogP contribution >= 0.6 is 11.8 Å². The molecule has 2 aromatic rings. The highest BCUT2D eigenvalue weighted by atomic mass is 32.2. The summed E-state index contributed by atoms with van der Waals surface area (Å²) in [7, 11) is 0. The third-order valence-electron chi connectivity index (χ3n) is 3.72. The molecule has 1 aliphatic rings. The van der Waals surface area contributed by atoms with Gasteiger partial charge in [0.05, 0.1) is 11.4 Å². The van der Waals surface area contributed by atoms with Crippen LogP contribution in [0.2, 0.25) is 0 Å². The first-order valence-electron chi connectivity index (χ1n) is 7.32. The molecule has 6 nitrogen and oxygen atoms in total. The topological polar surface area (TPSA) is 76.5 Å². The predicted molar refractivity (Wildman–Crippen MR) is 81.5 cm³/mol. The average molecular weight is 305 g/mol. The summed E-state index contributed by atoms with van der Waals surface area (Å²) in [6.07, 6.45) is 3.85. The van der Waals surface area contributed by atoms with Gasteiger partial charge >= 0.3 is 0 Å². The van der Waals surface area contributed by atoms with E-state index in [4.69, 9.17) is 0 Å². The van der Waals surface area contributed by atoms with Crippen molar-refractivity contribution in [2.45, 2.75) is 57.0 Å². The molecule has 0 fully saturated rings. The van der Waals surface area contributed by atoms with Gasteiger partial charge in [-0.2, -0.15) is 0 Å². The highest BCUT2D eigenvalue weighted by Crippen LogP contribution is 2.22. The van der Waals surface area contributed by atoms with E-state index in [1.165, 1.54) is 11.8 Å². The largest absolute Gasteiger partial charge is 0.315 e. The molecule has 0 radical (unpaired) electrons. The second kappa shape index (κ2) is 6.01. The molecule has 0 saturated heterocycles. The van der Waals surface area contributed by atoms with Crippen molar-refractivity contribution < 1.29 is 0 Å². The number of hydrogen-bond acceptors (Lipinski definition) is 5. The van der Waals surface area contributed by atoms with Gasteiger partial charge in [0.1, 0.15) is 11.6 Å². The van der Waals surface area contributed by atoms with Crippen LogP contribution in [0.25, 0.3) is 0 Å². The number of aryl methyl sites for hydroxylation is 2. The molecule has 2 aromatic heterocycles.